The summed E-state index contributed by atoms with van der Waals surface area (Å²) in [5.41, 5.74) is 2.36. The standard InChI is InChI=1S/C20H21NO5/c1-3-25-18-12-15(9-11-20(23)24)8-10-17(18)26-13-19(22)21-16-7-5-4-6-14(16)2/h4-12H,3,13H2,1-2H3,(H,21,22)(H,23,24). The molecule has 0 radical (unpaired) electrons. The Bertz CT molecular complexity index is 814. The molecular weight excluding hydrogens is 334 g/mol. The Morgan fingerprint density at radius 1 is 1.12 bits per heavy atom. The Morgan fingerprint density at radius 2 is 1.88 bits per heavy atom. The van der Waals surface area contributed by atoms with E-state index < -0.39 is 5.97 Å². The molecule has 0 unspecified atom stereocenters. The minimum atomic E-state index is -1.03. The number of hydrogen-bond acceptors (Lipinski definition) is 4. The van der Waals surface area contributed by atoms with Gasteiger partial charge < -0.3 is 19.9 Å². The molecule has 0 atom stereocenters. The third-order valence-corrected chi connectivity index (χ3v) is 3.46. The summed E-state index contributed by atoms with van der Waals surface area (Å²) < 4.78 is 11.1. The van der Waals surface area contributed by atoms with E-state index in [1.807, 2.05) is 38.1 Å². The highest BCUT2D eigenvalue weighted by atomic mass is 16.5. The first-order valence-electron chi connectivity index (χ1n) is 8.15. The molecule has 0 aliphatic heterocycles. The smallest absolute Gasteiger partial charge is 0.328 e. The van der Waals surface area contributed by atoms with Gasteiger partial charge in [0.1, 0.15) is 0 Å². The lowest BCUT2D eigenvalue weighted by Gasteiger charge is -2.13. The van der Waals surface area contributed by atoms with E-state index in [1.54, 1.807) is 18.2 Å². The monoisotopic (exact) mass is 355 g/mol. The van der Waals surface area contributed by atoms with Gasteiger partial charge in [-0.05, 0) is 49.2 Å². The number of carboxylic acids is 1. The number of rotatable bonds is 8. The van der Waals surface area contributed by atoms with E-state index in [4.69, 9.17) is 14.6 Å². The third kappa shape index (κ3) is 5.66. The summed E-state index contributed by atoms with van der Waals surface area (Å²) in [5.74, 6) is -0.448. The molecule has 2 aromatic rings. The summed E-state index contributed by atoms with van der Waals surface area (Å²) in [6, 6.07) is 12.5. The van der Waals surface area contributed by atoms with E-state index in [2.05, 4.69) is 5.32 Å². The second-order valence-corrected chi connectivity index (χ2v) is 5.46. The Labute approximate surface area is 152 Å². The number of carbonyl (C=O) groups is 2. The van der Waals surface area contributed by atoms with Crippen molar-refractivity contribution in [2.45, 2.75) is 13.8 Å². The van der Waals surface area contributed by atoms with Crippen molar-refractivity contribution in [2.24, 2.45) is 0 Å². The maximum Gasteiger partial charge on any atom is 0.328 e. The van der Waals surface area contributed by atoms with Crippen LogP contribution in [0.3, 0.4) is 0 Å². The normalized spacial score (nSPS) is 10.5. The van der Waals surface area contributed by atoms with Gasteiger partial charge in [0.2, 0.25) is 0 Å². The van der Waals surface area contributed by atoms with Crippen LogP contribution >= 0.6 is 0 Å². The van der Waals surface area contributed by atoms with Gasteiger partial charge in [0.15, 0.2) is 18.1 Å². The molecule has 0 bridgehead atoms. The van der Waals surface area contributed by atoms with Crippen LogP contribution in [0, 0.1) is 6.92 Å². The Kier molecular flexibility index (Phi) is 6.79. The number of para-hydroxylation sites is 1. The van der Waals surface area contributed by atoms with Crippen molar-refractivity contribution in [3.63, 3.8) is 0 Å². The predicted octanol–water partition coefficient (Wildman–Crippen LogP) is 3.51. The summed E-state index contributed by atoms with van der Waals surface area (Å²) in [6.07, 6.45) is 2.50. The average Bonchev–Trinajstić information content (AvgIpc) is 2.61. The van der Waals surface area contributed by atoms with Gasteiger partial charge in [-0.2, -0.15) is 0 Å². The first kappa shape index (κ1) is 19.1. The minimum absolute atomic E-state index is 0.168. The first-order valence-corrected chi connectivity index (χ1v) is 8.15. The molecular formula is C20H21NO5. The van der Waals surface area contributed by atoms with E-state index in [0.717, 1.165) is 17.3 Å². The quantitative estimate of drug-likeness (QED) is 0.708. The third-order valence-electron chi connectivity index (χ3n) is 3.46. The molecule has 0 heterocycles. The fraction of sp³-hybridized carbons (Fsp3) is 0.200. The number of ether oxygens (including phenoxy) is 2. The second kappa shape index (κ2) is 9.27. The van der Waals surface area contributed by atoms with Crippen molar-refractivity contribution in [1.82, 2.24) is 0 Å². The zero-order valence-corrected chi connectivity index (χ0v) is 14.7. The number of aliphatic carboxylic acids is 1. The molecule has 2 N–H and O–H groups in total. The van der Waals surface area contributed by atoms with Crippen LogP contribution < -0.4 is 14.8 Å². The number of carboxylic acid groups (broad SMARTS) is 1. The molecule has 2 rings (SSSR count). The molecule has 0 saturated carbocycles. The van der Waals surface area contributed by atoms with Crippen molar-refractivity contribution in [3.05, 3.63) is 59.7 Å². The second-order valence-electron chi connectivity index (χ2n) is 5.46. The van der Waals surface area contributed by atoms with Crippen molar-refractivity contribution in [2.75, 3.05) is 18.5 Å². The number of carbonyl (C=O) groups excluding carboxylic acids is 1. The molecule has 0 aliphatic rings. The van der Waals surface area contributed by atoms with Gasteiger partial charge in [-0.1, -0.05) is 24.3 Å². The zero-order chi connectivity index (χ0) is 18.9. The Balaban J connectivity index is 2.04. The topological polar surface area (TPSA) is 84.9 Å². The van der Waals surface area contributed by atoms with E-state index in [1.165, 1.54) is 6.08 Å². The lowest BCUT2D eigenvalue weighted by atomic mass is 10.2. The molecule has 6 nitrogen and oxygen atoms in total. The van der Waals surface area contributed by atoms with Crippen LogP contribution in [0.2, 0.25) is 0 Å². The molecule has 136 valence electrons. The fourth-order valence-electron chi connectivity index (χ4n) is 2.23. The number of hydrogen-bond donors (Lipinski definition) is 2. The summed E-state index contributed by atoms with van der Waals surface area (Å²) in [5, 5.41) is 11.5. The largest absolute Gasteiger partial charge is 0.490 e. The summed E-state index contributed by atoms with van der Waals surface area (Å²) in [6.45, 7) is 3.98. The van der Waals surface area contributed by atoms with Crippen LogP contribution in [-0.4, -0.2) is 30.2 Å². The van der Waals surface area contributed by atoms with Crippen LogP contribution in [0.1, 0.15) is 18.1 Å². The van der Waals surface area contributed by atoms with Gasteiger partial charge in [0.25, 0.3) is 5.91 Å². The maximum absolute atomic E-state index is 12.1. The zero-order valence-electron chi connectivity index (χ0n) is 14.7. The van der Waals surface area contributed by atoms with E-state index in [-0.39, 0.29) is 12.5 Å². The first-order chi connectivity index (χ1) is 12.5. The van der Waals surface area contributed by atoms with Gasteiger partial charge in [0, 0.05) is 11.8 Å². The molecule has 1 amide bonds. The SMILES string of the molecule is CCOc1cc(C=CC(=O)O)ccc1OCC(=O)Nc1ccccc1C. The highest BCUT2D eigenvalue weighted by Crippen LogP contribution is 2.29. The average molecular weight is 355 g/mol. The lowest BCUT2D eigenvalue weighted by Crippen LogP contribution is -2.20. The van der Waals surface area contributed by atoms with Crippen LogP contribution in [-0.2, 0) is 9.59 Å². The molecule has 0 saturated heterocycles. The predicted molar refractivity (Wildman–Crippen MR) is 99.6 cm³/mol. The van der Waals surface area contributed by atoms with Gasteiger partial charge in [0.05, 0.1) is 6.61 Å². The maximum atomic E-state index is 12.1. The molecule has 6 heteroatoms. The van der Waals surface area contributed by atoms with Crippen LogP contribution in [0.5, 0.6) is 11.5 Å². The van der Waals surface area contributed by atoms with Crippen LogP contribution in [0.4, 0.5) is 5.69 Å². The van der Waals surface area contributed by atoms with E-state index in [0.29, 0.717) is 23.7 Å². The summed E-state index contributed by atoms with van der Waals surface area (Å²) >= 11 is 0. The molecule has 0 aromatic heterocycles. The van der Waals surface area contributed by atoms with Gasteiger partial charge in [-0.3, -0.25) is 4.79 Å². The number of amides is 1. The highest BCUT2D eigenvalue weighted by Gasteiger charge is 2.10. The molecule has 0 aliphatic carbocycles. The van der Waals surface area contributed by atoms with Crippen LogP contribution in [0.15, 0.2) is 48.5 Å². The van der Waals surface area contributed by atoms with Gasteiger partial charge in [-0.15, -0.1) is 0 Å². The molecule has 0 spiro atoms. The van der Waals surface area contributed by atoms with Gasteiger partial charge >= 0.3 is 5.97 Å². The molecule has 2 aromatic carbocycles. The van der Waals surface area contributed by atoms with Crippen LogP contribution in [0.25, 0.3) is 6.08 Å². The fourth-order valence-corrected chi connectivity index (χ4v) is 2.23. The van der Waals surface area contributed by atoms with Gasteiger partial charge in [-0.25, -0.2) is 4.79 Å². The molecule has 0 fully saturated rings. The van der Waals surface area contributed by atoms with Crippen molar-refractivity contribution in [3.8, 4) is 11.5 Å². The van der Waals surface area contributed by atoms with Crippen molar-refractivity contribution < 1.29 is 24.2 Å². The van der Waals surface area contributed by atoms with E-state index >= 15 is 0 Å². The minimum Gasteiger partial charge on any atom is -0.490 e. The number of anilines is 1. The lowest BCUT2D eigenvalue weighted by molar-refractivity contribution is -0.131. The summed E-state index contributed by atoms with van der Waals surface area (Å²) in [7, 11) is 0. The number of aryl methyl sites for hydroxylation is 1. The Hall–Kier alpha value is -3.28. The molecule has 26 heavy (non-hydrogen) atoms. The Morgan fingerprint density at radius 3 is 2.58 bits per heavy atom. The van der Waals surface area contributed by atoms with Crippen molar-refractivity contribution >= 4 is 23.6 Å². The highest BCUT2D eigenvalue weighted by molar-refractivity contribution is 5.92. The van der Waals surface area contributed by atoms with E-state index in [9.17, 15) is 9.59 Å². The number of nitrogens with one attached hydrogen (secondary N) is 1. The van der Waals surface area contributed by atoms with Crippen molar-refractivity contribution in [1.29, 1.82) is 0 Å². The number of benzene rings is 2. The summed E-state index contributed by atoms with van der Waals surface area (Å²) in [4.78, 5) is 22.7.